The van der Waals surface area contributed by atoms with Crippen molar-refractivity contribution in [3.63, 3.8) is 0 Å². The highest BCUT2D eigenvalue weighted by atomic mass is 16.7. The van der Waals surface area contributed by atoms with Crippen LogP contribution in [0.2, 0.25) is 0 Å². The number of rotatable bonds is 18. The summed E-state index contributed by atoms with van der Waals surface area (Å²) in [5.74, 6) is -28.7. The third-order valence-corrected chi connectivity index (χ3v) is 9.94. The number of urea groups is 1. The Bertz CT molecular complexity index is 1930. The number of nitrogens with zero attached hydrogens (tertiary/aromatic N) is 1. The van der Waals surface area contributed by atoms with Crippen molar-refractivity contribution in [3.8, 4) is 5.75 Å². The van der Waals surface area contributed by atoms with E-state index in [2.05, 4.69) is 5.32 Å². The lowest BCUT2D eigenvalue weighted by Gasteiger charge is -2.53. The van der Waals surface area contributed by atoms with Crippen LogP contribution in [0.3, 0.4) is 0 Å². The van der Waals surface area contributed by atoms with Crippen molar-refractivity contribution in [3.05, 3.63) is 101 Å². The van der Waals surface area contributed by atoms with E-state index in [1.807, 2.05) is 0 Å². The number of amides is 3. The van der Waals surface area contributed by atoms with Crippen molar-refractivity contribution in [1.29, 1.82) is 0 Å². The fourth-order valence-corrected chi connectivity index (χ4v) is 6.76. The number of hydrogen-bond acceptors (Lipinski definition) is 19. The van der Waals surface area contributed by atoms with E-state index in [0.717, 1.165) is 18.2 Å². The average molecular weight is 852 g/mol. The van der Waals surface area contributed by atoms with Crippen LogP contribution in [0.1, 0.15) is 48.9 Å². The highest BCUT2D eigenvalue weighted by Gasteiger charge is 2.72. The van der Waals surface area contributed by atoms with Crippen LogP contribution in [0.5, 0.6) is 5.75 Å². The van der Waals surface area contributed by atoms with Crippen molar-refractivity contribution in [1.82, 2.24) is 15.5 Å². The Kier molecular flexibility index (Phi) is 14.1. The summed E-state index contributed by atoms with van der Waals surface area (Å²) in [4.78, 5) is 40.4. The molecule has 3 aromatic rings. The van der Waals surface area contributed by atoms with Gasteiger partial charge in [-0.15, -0.1) is 0 Å². The Morgan fingerprint density at radius 2 is 1.30 bits per heavy atom. The Morgan fingerprint density at radius 3 is 1.80 bits per heavy atom. The quantitative estimate of drug-likeness (QED) is 0.0534. The van der Waals surface area contributed by atoms with Gasteiger partial charge in [-0.05, 0) is 42.4 Å². The number of Topliss-reactive ketones (excluding diaryl/α,β-unsaturated/α-hetero) is 1. The van der Waals surface area contributed by atoms with Gasteiger partial charge < -0.3 is 86.7 Å². The molecule has 4 unspecified atom stereocenters. The molecule has 60 heavy (non-hydrogen) atoms. The van der Waals surface area contributed by atoms with E-state index >= 15 is 0 Å². The fraction of sp³-hybridized carbons (Fsp3) is 0.447. The van der Waals surface area contributed by atoms with Gasteiger partial charge in [0.15, 0.2) is 5.78 Å². The molecule has 1 fully saturated rings. The third-order valence-electron chi connectivity index (χ3n) is 9.94. The summed E-state index contributed by atoms with van der Waals surface area (Å²) in [6, 6.07) is 11.7. The number of benzene rings is 3. The summed E-state index contributed by atoms with van der Waals surface area (Å²) in [6.07, 6.45) is -3.32. The fourth-order valence-electron chi connectivity index (χ4n) is 6.76. The van der Waals surface area contributed by atoms with Gasteiger partial charge in [0.25, 0.3) is 0 Å². The summed E-state index contributed by atoms with van der Waals surface area (Å²) < 4.78 is 5.35. The van der Waals surface area contributed by atoms with Gasteiger partial charge in [0.1, 0.15) is 18.4 Å². The molecular weight excluding hydrogens is 802 g/mol. The molecule has 0 radical (unpaired) electrons. The number of aliphatic hydroxyl groups excluding tert-OH is 1. The van der Waals surface area contributed by atoms with E-state index in [0.29, 0.717) is 5.56 Å². The second-order valence-corrected chi connectivity index (χ2v) is 14.9. The summed E-state index contributed by atoms with van der Waals surface area (Å²) in [7, 11) is 0. The molecule has 0 aliphatic carbocycles. The topological polar surface area (TPSA) is 391 Å². The standard InChI is InChI=1S/C38H49N3O19/c1-20(2)29(41-32(45)40-37(56,57)36(54,55)38(41,58)59)31(44)39-28(33(46,47)23-12-7-4-8-13-23)18-27(43)22(16-21-10-5-3-6-11-21)17-24(42)19-60-30-25(34(48,49)50)14-9-15-26(30)35(51,52)53/h3-15,20,22,27-29,43,46-59H,16-19H2,1-2H3,(H,39,44)(H,40,45). The van der Waals surface area contributed by atoms with E-state index in [1.165, 1.54) is 49.5 Å². The molecule has 3 amide bonds. The van der Waals surface area contributed by atoms with E-state index in [-0.39, 0.29) is 16.9 Å². The Balaban J connectivity index is 1.70. The second-order valence-electron chi connectivity index (χ2n) is 14.9. The van der Waals surface area contributed by atoms with Crippen LogP contribution < -0.4 is 15.4 Å². The van der Waals surface area contributed by atoms with E-state index in [9.17, 15) is 91.0 Å². The Morgan fingerprint density at radius 1 is 0.783 bits per heavy atom. The first-order chi connectivity index (χ1) is 27.5. The number of para-hydroxylation sites is 1. The van der Waals surface area contributed by atoms with Crippen LogP contribution in [0, 0.1) is 11.8 Å². The summed E-state index contributed by atoms with van der Waals surface area (Å²) in [6.45, 7) is 1.49. The predicted molar refractivity (Wildman–Crippen MR) is 197 cm³/mol. The molecule has 1 saturated heterocycles. The van der Waals surface area contributed by atoms with Gasteiger partial charge in [0.2, 0.25) is 11.7 Å². The molecule has 0 bridgehead atoms. The minimum absolute atomic E-state index is 0.106. The maximum atomic E-state index is 14.1. The maximum Gasteiger partial charge on any atom is 0.326 e. The SMILES string of the molecule is CC(C)C(C(=O)NC(CC(O)C(CC(=O)COc1c(C(O)(O)O)cccc1C(O)(O)O)Cc1ccccc1)C(O)(O)c1ccccc1)N1C(=O)NC(O)(O)C(O)(O)C1(O)O. The van der Waals surface area contributed by atoms with Crippen molar-refractivity contribution >= 4 is 17.7 Å². The maximum absolute atomic E-state index is 14.1. The zero-order valence-electron chi connectivity index (χ0n) is 32.0. The van der Waals surface area contributed by atoms with Gasteiger partial charge in [-0.25, -0.2) is 4.79 Å². The number of carbonyl (C=O) groups is 3. The summed E-state index contributed by atoms with van der Waals surface area (Å²) in [5.41, 5.74) is -1.53. The number of ketones is 1. The van der Waals surface area contributed by atoms with Crippen molar-refractivity contribution in [2.24, 2.45) is 11.8 Å². The van der Waals surface area contributed by atoms with Crippen molar-refractivity contribution in [2.45, 2.75) is 86.6 Å². The van der Waals surface area contributed by atoms with Crippen LogP contribution in [-0.2, 0) is 33.7 Å². The zero-order chi connectivity index (χ0) is 45.2. The molecule has 4 rings (SSSR count). The molecule has 1 aliphatic rings. The smallest absolute Gasteiger partial charge is 0.326 e. The molecule has 0 aromatic heterocycles. The molecule has 330 valence electrons. The third kappa shape index (κ3) is 10.2. The summed E-state index contributed by atoms with van der Waals surface area (Å²) in [5, 5.41) is 160. The van der Waals surface area contributed by atoms with E-state index in [4.69, 9.17) is 4.74 Å². The molecule has 0 spiro atoms. The normalized spacial score (nSPS) is 18.6. The molecular formula is C38H49N3O19. The molecule has 22 heteroatoms. The number of hydrogen-bond donors (Lipinski definition) is 17. The first kappa shape index (κ1) is 47.9. The monoisotopic (exact) mass is 851 g/mol. The second kappa shape index (κ2) is 17.7. The van der Waals surface area contributed by atoms with Crippen molar-refractivity contribution < 1.29 is 95.7 Å². The van der Waals surface area contributed by atoms with Crippen molar-refractivity contribution in [2.75, 3.05) is 6.61 Å². The first-order valence-electron chi connectivity index (χ1n) is 18.1. The zero-order valence-corrected chi connectivity index (χ0v) is 32.0. The number of nitrogens with one attached hydrogen (secondary N) is 2. The molecule has 3 aromatic carbocycles. The van der Waals surface area contributed by atoms with E-state index < -0.39 is 119 Å². The lowest BCUT2D eigenvalue weighted by atomic mass is 9.83. The predicted octanol–water partition coefficient (Wildman–Crippen LogP) is -4.86. The molecule has 22 nitrogen and oxygen atoms in total. The van der Waals surface area contributed by atoms with Gasteiger partial charge >= 0.3 is 35.6 Å². The van der Waals surface area contributed by atoms with Gasteiger partial charge in [0, 0.05) is 12.0 Å². The summed E-state index contributed by atoms with van der Waals surface area (Å²) >= 11 is 0. The van der Waals surface area contributed by atoms with E-state index in [1.54, 1.807) is 30.3 Å². The number of carbonyl (C=O) groups excluding carboxylic acids is 3. The minimum atomic E-state index is -4.36. The van der Waals surface area contributed by atoms with Crippen LogP contribution in [0.15, 0.2) is 78.9 Å². The average Bonchev–Trinajstić information content (AvgIpc) is 3.14. The molecule has 1 heterocycles. The Hall–Kier alpha value is -4.73. The van der Waals surface area contributed by atoms with Crippen LogP contribution in [0.25, 0.3) is 0 Å². The largest absolute Gasteiger partial charge is 0.485 e. The van der Waals surface area contributed by atoms with Gasteiger partial charge in [0.05, 0.1) is 23.3 Å². The first-order valence-corrected chi connectivity index (χ1v) is 18.1. The lowest BCUT2D eigenvalue weighted by molar-refractivity contribution is -0.496. The van der Waals surface area contributed by atoms with Crippen LogP contribution in [-0.4, -0.2) is 142 Å². The van der Waals surface area contributed by atoms with Crippen LogP contribution >= 0.6 is 0 Å². The highest BCUT2D eigenvalue weighted by Crippen LogP contribution is 2.38. The molecule has 17 N–H and O–H groups in total. The Labute approximate surface area is 340 Å². The minimum Gasteiger partial charge on any atom is -0.485 e. The lowest BCUT2D eigenvalue weighted by Crippen LogP contribution is -2.86. The van der Waals surface area contributed by atoms with Gasteiger partial charge in [-0.1, -0.05) is 80.6 Å². The van der Waals surface area contributed by atoms with Crippen LogP contribution in [0.4, 0.5) is 4.79 Å². The highest BCUT2D eigenvalue weighted by molar-refractivity contribution is 5.88. The van der Waals surface area contributed by atoms with Gasteiger partial charge in [-0.3, -0.25) is 19.8 Å². The number of aliphatic hydroxyl groups is 15. The molecule has 4 atom stereocenters. The molecule has 1 aliphatic heterocycles. The van der Waals surface area contributed by atoms with Gasteiger partial charge in [-0.2, -0.15) is 0 Å². The molecule has 0 saturated carbocycles. The number of ether oxygens (including phenoxy) is 1.